The van der Waals surface area contributed by atoms with E-state index in [2.05, 4.69) is 215 Å². The quantitative estimate of drug-likeness (QED) is 0.165. The van der Waals surface area contributed by atoms with Crippen LogP contribution in [0.3, 0.4) is 0 Å². The van der Waals surface area contributed by atoms with E-state index < -0.39 is 0 Å². The predicted octanol–water partition coefficient (Wildman–Crippen LogP) is 13.9. The van der Waals surface area contributed by atoms with Crippen LogP contribution in [0, 0.1) is 0 Å². The molecule has 0 heterocycles. The lowest BCUT2D eigenvalue weighted by atomic mass is 9.60. The fraction of sp³-hybridized carbons (Fsp3) is 0.0400. The summed E-state index contributed by atoms with van der Waals surface area (Å²) in [6, 6.07) is 70.9. The van der Waals surface area contributed by atoms with Crippen LogP contribution in [0.2, 0.25) is 0 Å². The Morgan fingerprint density at radius 1 is 0.327 bits per heavy atom. The Labute approximate surface area is 313 Å². The number of anilines is 3. The van der Waals surface area contributed by atoms with Crippen molar-refractivity contribution < 1.29 is 0 Å². The first-order valence-corrected chi connectivity index (χ1v) is 18.7. The van der Waals surface area contributed by atoms with Gasteiger partial charge in [-0.05, 0) is 109 Å². The molecular formula is C50H34BrN. The van der Waals surface area contributed by atoms with Crippen molar-refractivity contribution in [2.75, 3.05) is 4.90 Å². The van der Waals surface area contributed by atoms with Crippen molar-refractivity contribution in [1.82, 2.24) is 0 Å². The van der Waals surface area contributed by atoms with E-state index in [1.54, 1.807) is 0 Å². The van der Waals surface area contributed by atoms with Crippen molar-refractivity contribution in [3.8, 4) is 33.4 Å². The summed E-state index contributed by atoms with van der Waals surface area (Å²) >= 11 is 4.03. The predicted molar refractivity (Wildman–Crippen MR) is 220 cm³/mol. The van der Waals surface area contributed by atoms with Crippen molar-refractivity contribution in [3.05, 3.63) is 232 Å². The van der Waals surface area contributed by atoms with E-state index in [-0.39, 0.29) is 11.8 Å². The molecule has 0 amide bonds. The molecule has 0 unspecified atom stereocenters. The lowest BCUT2D eigenvalue weighted by Crippen LogP contribution is -2.28. The van der Waals surface area contributed by atoms with E-state index in [0.717, 1.165) is 17.1 Å². The van der Waals surface area contributed by atoms with E-state index in [1.165, 1.54) is 71.2 Å². The Balaban J connectivity index is 1.12. The molecule has 2 bridgehead atoms. The maximum atomic E-state index is 4.03. The van der Waals surface area contributed by atoms with E-state index in [4.69, 9.17) is 0 Å². The third kappa shape index (κ3) is 5.05. The molecule has 3 aliphatic rings. The lowest BCUT2D eigenvalue weighted by molar-refractivity contribution is 0.752. The first kappa shape index (κ1) is 30.8. The van der Waals surface area contributed by atoms with Crippen LogP contribution in [0.15, 0.2) is 199 Å². The summed E-state index contributed by atoms with van der Waals surface area (Å²) in [6.45, 7) is 0. The van der Waals surface area contributed by atoms with Gasteiger partial charge in [-0.3, -0.25) is 0 Å². The molecule has 52 heavy (non-hydrogen) atoms. The van der Waals surface area contributed by atoms with Crippen LogP contribution in [0.1, 0.15) is 45.2 Å². The fourth-order valence-corrected chi connectivity index (χ4v) is 9.20. The number of benzene rings is 8. The minimum Gasteiger partial charge on any atom is -0.310 e. The largest absolute Gasteiger partial charge is 0.310 e. The highest BCUT2D eigenvalue weighted by atomic mass is 79.9. The zero-order valence-corrected chi connectivity index (χ0v) is 30.0. The highest BCUT2D eigenvalue weighted by molar-refractivity contribution is 9.10. The Morgan fingerprint density at radius 2 is 0.750 bits per heavy atom. The third-order valence-electron chi connectivity index (χ3n) is 10.9. The second-order valence-corrected chi connectivity index (χ2v) is 14.6. The number of rotatable bonds is 6. The van der Waals surface area contributed by atoms with Gasteiger partial charge >= 0.3 is 0 Å². The number of hydrogen-bond donors (Lipinski definition) is 0. The number of nitrogens with zero attached hydrogens (tertiary/aromatic N) is 1. The molecular weight excluding hydrogens is 694 g/mol. The Morgan fingerprint density at radius 3 is 1.25 bits per heavy atom. The molecule has 0 atom stereocenters. The minimum atomic E-state index is 0.177. The zero-order chi connectivity index (χ0) is 34.6. The molecule has 0 saturated heterocycles. The third-order valence-corrected chi connectivity index (χ3v) is 11.6. The van der Waals surface area contributed by atoms with E-state index in [0.29, 0.717) is 0 Å². The number of hydrogen-bond acceptors (Lipinski definition) is 1. The van der Waals surface area contributed by atoms with Gasteiger partial charge in [0.15, 0.2) is 0 Å². The molecule has 1 nitrogen and oxygen atoms in total. The Bertz CT molecular complexity index is 2440. The van der Waals surface area contributed by atoms with Gasteiger partial charge in [-0.15, -0.1) is 0 Å². The van der Waals surface area contributed by atoms with Crippen molar-refractivity contribution in [2.24, 2.45) is 0 Å². The molecule has 0 aromatic heterocycles. The smallest absolute Gasteiger partial charge is 0.0467 e. The Hall–Kier alpha value is -5.96. The van der Waals surface area contributed by atoms with Gasteiger partial charge in [0.25, 0.3) is 0 Å². The van der Waals surface area contributed by atoms with Gasteiger partial charge in [0.05, 0.1) is 0 Å². The molecule has 0 aliphatic heterocycles. The van der Waals surface area contributed by atoms with Crippen LogP contribution in [0.25, 0.3) is 33.4 Å². The monoisotopic (exact) mass is 727 g/mol. The first-order valence-electron chi connectivity index (χ1n) is 17.9. The van der Waals surface area contributed by atoms with Crippen LogP contribution in [0.5, 0.6) is 0 Å². The van der Waals surface area contributed by atoms with Crippen LogP contribution >= 0.6 is 15.9 Å². The molecule has 0 fully saturated rings. The highest BCUT2D eigenvalue weighted by Gasteiger charge is 2.43. The molecule has 3 aliphatic carbocycles. The number of halogens is 1. The highest BCUT2D eigenvalue weighted by Crippen LogP contribution is 2.59. The molecule has 246 valence electrons. The van der Waals surface area contributed by atoms with Crippen LogP contribution in [0.4, 0.5) is 17.1 Å². The van der Waals surface area contributed by atoms with Gasteiger partial charge in [-0.1, -0.05) is 168 Å². The standard InChI is InChI=1S/C50H34BrN/c51-46-31-30-41(49-47-42-18-7-9-20-44(42)48(50(46)49)45-21-10-8-19-43(45)47)37-16-11-17-40(32-37)52(38-26-22-35(23-27-38)33-12-3-1-4-13-33)39-28-24-36(25-29-39)34-14-5-2-6-15-34/h1-32,47-48H. The van der Waals surface area contributed by atoms with Crippen molar-refractivity contribution >= 4 is 33.0 Å². The zero-order valence-electron chi connectivity index (χ0n) is 28.5. The SMILES string of the molecule is Brc1ccc(-c2cccc(N(c3ccc(-c4ccccc4)cc3)c3ccc(-c4ccccc4)cc3)c2)c2c1C1c3ccccc3C2c2ccccc21. The molecule has 0 radical (unpaired) electrons. The summed E-state index contributed by atoms with van der Waals surface area (Å²) in [5.74, 6) is 0.378. The summed E-state index contributed by atoms with van der Waals surface area (Å²) in [5, 5.41) is 0. The van der Waals surface area contributed by atoms with Crippen LogP contribution in [-0.4, -0.2) is 0 Å². The Kier molecular flexibility index (Phi) is 7.51. The maximum absolute atomic E-state index is 4.03. The van der Waals surface area contributed by atoms with Crippen LogP contribution < -0.4 is 4.90 Å². The average Bonchev–Trinajstić information content (AvgIpc) is 3.22. The summed E-state index contributed by atoms with van der Waals surface area (Å²) in [4.78, 5) is 2.38. The second-order valence-electron chi connectivity index (χ2n) is 13.8. The molecule has 8 aromatic rings. The topological polar surface area (TPSA) is 3.24 Å². The molecule has 8 aromatic carbocycles. The molecule has 0 N–H and O–H groups in total. The van der Waals surface area contributed by atoms with Crippen LogP contribution in [-0.2, 0) is 0 Å². The fourth-order valence-electron chi connectivity index (χ4n) is 8.62. The first-order chi connectivity index (χ1) is 25.7. The molecule has 0 saturated carbocycles. The molecule has 2 heteroatoms. The van der Waals surface area contributed by atoms with E-state index in [9.17, 15) is 0 Å². The average molecular weight is 729 g/mol. The summed E-state index contributed by atoms with van der Waals surface area (Å²) < 4.78 is 1.18. The lowest BCUT2D eigenvalue weighted by Gasteiger charge is -2.43. The second kappa shape index (κ2) is 12.7. The summed E-state index contributed by atoms with van der Waals surface area (Å²) in [5.41, 5.74) is 19.2. The summed E-state index contributed by atoms with van der Waals surface area (Å²) in [7, 11) is 0. The maximum Gasteiger partial charge on any atom is 0.0467 e. The normalized spacial score (nSPS) is 15.0. The summed E-state index contributed by atoms with van der Waals surface area (Å²) in [6.07, 6.45) is 0. The van der Waals surface area contributed by atoms with Gasteiger partial charge in [-0.25, -0.2) is 0 Å². The van der Waals surface area contributed by atoms with Crippen molar-refractivity contribution in [3.63, 3.8) is 0 Å². The van der Waals surface area contributed by atoms with Crippen molar-refractivity contribution in [1.29, 1.82) is 0 Å². The van der Waals surface area contributed by atoms with E-state index >= 15 is 0 Å². The van der Waals surface area contributed by atoms with Gasteiger partial charge in [-0.2, -0.15) is 0 Å². The molecule has 11 rings (SSSR count). The molecule has 0 spiro atoms. The van der Waals surface area contributed by atoms with Crippen molar-refractivity contribution in [2.45, 2.75) is 11.8 Å². The van der Waals surface area contributed by atoms with E-state index in [1.807, 2.05) is 0 Å². The van der Waals surface area contributed by atoms with Gasteiger partial charge in [0.1, 0.15) is 0 Å². The van der Waals surface area contributed by atoms with Gasteiger partial charge in [0, 0.05) is 33.4 Å². The van der Waals surface area contributed by atoms with Gasteiger partial charge < -0.3 is 4.90 Å². The van der Waals surface area contributed by atoms with Gasteiger partial charge in [0.2, 0.25) is 0 Å². The minimum absolute atomic E-state index is 0.177.